The van der Waals surface area contributed by atoms with E-state index < -0.39 is 0 Å². The summed E-state index contributed by atoms with van der Waals surface area (Å²) in [5, 5.41) is 8.19. The molecule has 3 aromatic rings. The van der Waals surface area contributed by atoms with Crippen molar-refractivity contribution in [3.8, 4) is 0 Å². The van der Waals surface area contributed by atoms with E-state index in [4.69, 9.17) is 0 Å². The van der Waals surface area contributed by atoms with Crippen LogP contribution in [0.25, 0.3) is 0 Å². The van der Waals surface area contributed by atoms with Crippen LogP contribution in [-0.2, 0) is 6.54 Å². The predicted molar refractivity (Wildman–Crippen MR) is 119 cm³/mol. The highest BCUT2D eigenvalue weighted by atomic mass is 32.1. The van der Waals surface area contributed by atoms with Crippen molar-refractivity contribution in [1.82, 2.24) is 15.2 Å². The standard InChI is InChI=1S/C22H23N5O2S/c28-20(24-16-17-6-2-1-3-7-17)18-9-15-30-21(18)25-22(29)27-13-11-26(12-14-27)19-8-4-5-10-23-19/h1-10,15H,11-14,16H2,(H,24,28)(H,25,29). The van der Waals surface area contributed by atoms with Crippen molar-refractivity contribution in [1.29, 1.82) is 0 Å². The number of pyridine rings is 1. The second kappa shape index (κ2) is 9.41. The number of nitrogens with one attached hydrogen (secondary N) is 2. The Morgan fingerprint density at radius 3 is 2.47 bits per heavy atom. The lowest BCUT2D eigenvalue weighted by Crippen LogP contribution is -2.50. The molecule has 0 spiro atoms. The molecule has 2 aromatic heterocycles. The van der Waals surface area contributed by atoms with E-state index in [1.165, 1.54) is 11.3 Å². The van der Waals surface area contributed by atoms with Gasteiger partial charge in [0.1, 0.15) is 10.8 Å². The van der Waals surface area contributed by atoms with E-state index in [0.29, 0.717) is 30.2 Å². The summed E-state index contributed by atoms with van der Waals surface area (Å²) in [6.07, 6.45) is 1.77. The Labute approximate surface area is 179 Å². The number of amides is 3. The van der Waals surface area contributed by atoms with Crippen molar-refractivity contribution in [2.75, 3.05) is 36.4 Å². The van der Waals surface area contributed by atoms with Gasteiger partial charge in [0.05, 0.1) is 5.56 Å². The normalized spacial score (nSPS) is 13.7. The second-order valence-electron chi connectivity index (χ2n) is 6.92. The van der Waals surface area contributed by atoms with Crippen molar-refractivity contribution in [2.24, 2.45) is 0 Å². The molecule has 0 unspecified atom stereocenters. The molecule has 4 rings (SSSR count). The number of carbonyl (C=O) groups excluding carboxylic acids is 2. The molecule has 0 aliphatic carbocycles. The lowest BCUT2D eigenvalue weighted by molar-refractivity contribution is 0.0952. The summed E-state index contributed by atoms with van der Waals surface area (Å²) in [5.41, 5.74) is 1.51. The zero-order valence-corrected chi connectivity index (χ0v) is 17.3. The van der Waals surface area contributed by atoms with Crippen molar-refractivity contribution >= 4 is 34.1 Å². The summed E-state index contributed by atoms with van der Waals surface area (Å²) in [4.78, 5) is 33.6. The van der Waals surface area contributed by atoms with Crippen LogP contribution >= 0.6 is 11.3 Å². The number of benzene rings is 1. The first-order valence-electron chi connectivity index (χ1n) is 9.82. The minimum Gasteiger partial charge on any atom is -0.353 e. The molecule has 0 radical (unpaired) electrons. The molecule has 0 atom stereocenters. The average Bonchev–Trinajstić information content (AvgIpc) is 3.27. The quantitative estimate of drug-likeness (QED) is 0.662. The Balaban J connectivity index is 1.31. The van der Waals surface area contributed by atoms with Crippen LogP contribution < -0.4 is 15.5 Å². The van der Waals surface area contributed by atoms with Gasteiger partial charge in [-0.25, -0.2) is 9.78 Å². The van der Waals surface area contributed by atoms with Crippen molar-refractivity contribution in [3.63, 3.8) is 0 Å². The Bertz CT molecular complexity index is 985. The van der Waals surface area contributed by atoms with E-state index in [1.54, 1.807) is 17.2 Å². The van der Waals surface area contributed by atoms with Gasteiger partial charge in [0.15, 0.2) is 0 Å². The molecule has 3 amide bonds. The fourth-order valence-corrected chi connectivity index (χ4v) is 4.09. The number of anilines is 2. The zero-order chi connectivity index (χ0) is 20.8. The molecule has 1 aliphatic rings. The minimum absolute atomic E-state index is 0.185. The largest absolute Gasteiger partial charge is 0.353 e. The van der Waals surface area contributed by atoms with E-state index in [-0.39, 0.29) is 11.9 Å². The lowest BCUT2D eigenvalue weighted by atomic mass is 10.2. The van der Waals surface area contributed by atoms with E-state index in [2.05, 4.69) is 20.5 Å². The summed E-state index contributed by atoms with van der Waals surface area (Å²) < 4.78 is 0. The van der Waals surface area contributed by atoms with Crippen molar-refractivity contribution < 1.29 is 9.59 Å². The van der Waals surface area contributed by atoms with Crippen LogP contribution in [0.5, 0.6) is 0 Å². The number of piperazine rings is 1. The molecule has 2 N–H and O–H groups in total. The van der Waals surface area contributed by atoms with Crippen LogP contribution in [0.3, 0.4) is 0 Å². The third-order valence-electron chi connectivity index (χ3n) is 4.97. The summed E-state index contributed by atoms with van der Waals surface area (Å²) in [5.74, 6) is 0.726. The van der Waals surface area contributed by atoms with E-state index in [0.717, 1.165) is 24.5 Å². The van der Waals surface area contributed by atoms with E-state index in [9.17, 15) is 9.59 Å². The fourth-order valence-electron chi connectivity index (χ4n) is 3.31. The van der Waals surface area contributed by atoms with Crippen LogP contribution in [0.15, 0.2) is 66.2 Å². The first kappa shape index (κ1) is 19.9. The van der Waals surface area contributed by atoms with Crippen molar-refractivity contribution in [3.05, 3.63) is 77.3 Å². The van der Waals surface area contributed by atoms with Gasteiger partial charge in [0, 0.05) is 38.9 Å². The molecular weight excluding hydrogens is 398 g/mol. The van der Waals surface area contributed by atoms with Gasteiger partial charge in [0.2, 0.25) is 0 Å². The molecule has 3 heterocycles. The van der Waals surface area contributed by atoms with Crippen LogP contribution in [0.2, 0.25) is 0 Å². The number of urea groups is 1. The molecule has 0 bridgehead atoms. The topological polar surface area (TPSA) is 77.6 Å². The number of hydrogen-bond donors (Lipinski definition) is 2. The summed E-state index contributed by atoms with van der Waals surface area (Å²) in [6, 6.07) is 17.1. The Hall–Kier alpha value is -3.39. The summed E-state index contributed by atoms with van der Waals surface area (Å²) >= 11 is 1.35. The zero-order valence-electron chi connectivity index (χ0n) is 16.5. The molecule has 1 saturated heterocycles. The predicted octanol–water partition coefficient (Wildman–Crippen LogP) is 3.43. The average molecular weight is 422 g/mol. The fraction of sp³-hybridized carbons (Fsp3) is 0.227. The van der Waals surface area contributed by atoms with Gasteiger partial charge in [-0.2, -0.15) is 0 Å². The number of thiophene rings is 1. The van der Waals surface area contributed by atoms with E-state index >= 15 is 0 Å². The molecule has 30 heavy (non-hydrogen) atoms. The molecule has 154 valence electrons. The van der Waals surface area contributed by atoms with E-state index in [1.807, 2.05) is 53.9 Å². The van der Waals surface area contributed by atoms with Crippen LogP contribution in [-0.4, -0.2) is 48.0 Å². The Morgan fingerprint density at radius 1 is 0.967 bits per heavy atom. The summed E-state index contributed by atoms with van der Waals surface area (Å²) in [6.45, 7) is 3.09. The van der Waals surface area contributed by atoms with Crippen LogP contribution in [0.4, 0.5) is 15.6 Å². The second-order valence-corrected chi connectivity index (χ2v) is 7.84. The Morgan fingerprint density at radius 2 is 1.73 bits per heavy atom. The molecular formula is C22H23N5O2S. The molecule has 1 aliphatic heterocycles. The third kappa shape index (κ3) is 4.77. The number of rotatable bonds is 5. The first-order valence-corrected chi connectivity index (χ1v) is 10.7. The van der Waals surface area contributed by atoms with Gasteiger partial charge in [-0.05, 0) is 29.1 Å². The van der Waals surface area contributed by atoms with Crippen molar-refractivity contribution in [2.45, 2.75) is 6.54 Å². The maximum atomic E-state index is 12.7. The minimum atomic E-state index is -0.199. The van der Waals surface area contributed by atoms with Gasteiger partial charge < -0.3 is 15.1 Å². The first-order chi connectivity index (χ1) is 14.7. The number of hydrogen-bond acceptors (Lipinski definition) is 5. The van der Waals surface area contributed by atoms with Gasteiger partial charge in [-0.1, -0.05) is 36.4 Å². The Kier molecular flexibility index (Phi) is 6.24. The van der Waals surface area contributed by atoms with Crippen LogP contribution in [0.1, 0.15) is 15.9 Å². The van der Waals surface area contributed by atoms with Crippen LogP contribution in [0, 0.1) is 0 Å². The number of carbonyl (C=O) groups is 2. The SMILES string of the molecule is O=C(NCc1ccccc1)c1ccsc1NC(=O)N1CCN(c2ccccn2)CC1. The van der Waals surface area contributed by atoms with Gasteiger partial charge in [-0.15, -0.1) is 11.3 Å². The molecule has 7 nitrogen and oxygen atoms in total. The highest BCUT2D eigenvalue weighted by molar-refractivity contribution is 7.14. The van der Waals surface area contributed by atoms with Gasteiger partial charge in [-0.3, -0.25) is 10.1 Å². The molecule has 1 aromatic carbocycles. The number of aromatic nitrogens is 1. The molecule has 8 heteroatoms. The molecule has 1 fully saturated rings. The third-order valence-corrected chi connectivity index (χ3v) is 5.80. The summed E-state index contributed by atoms with van der Waals surface area (Å²) in [7, 11) is 0. The molecule has 0 saturated carbocycles. The lowest BCUT2D eigenvalue weighted by Gasteiger charge is -2.35. The monoisotopic (exact) mass is 421 g/mol. The smallest absolute Gasteiger partial charge is 0.322 e. The highest BCUT2D eigenvalue weighted by Crippen LogP contribution is 2.24. The maximum Gasteiger partial charge on any atom is 0.322 e. The number of nitrogens with zero attached hydrogens (tertiary/aromatic N) is 3. The van der Waals surface area contributed by atoms with Gasteiger partial charge in [0.25, 0.3) is 5.91 Å². The highest BCUT2D eigenvalue weighted by Gasteiger charge is 2.23. The maximum absolute atomic E-state index is 12.7. The van der Waals surface area contributed by atoms with Gasteiger partial charge >= 0.3 is 6.03 Å².